The van der Waals surface area contributed by atoms with Crippen molar-refractivity contribution in [1.29, 1.82) is 0 Å². The molecule has 0 aliphatic heterocycles. The van der Waals surface area contributed by atoms with Gasteiger partial charge >= 0.3 is 5.97 Å². The van der Waals surface area contributed by atoms with Crippen molar-refractivity contribution < 1.29 is 33.9 Å². The minimum absolute atomic E-state index is 0.0276. The van der Waals surface area contributed by atoms with Crippen LogP contribution in [0.1, 0.15) is 58.9 Å². The highest BCUT2D eigenvalue weighted by Gasteiger charge is 2.33. The molecule has 0 spiro atoms. The number of carbonyl (C=O) groups is 6. The minimum Gasteiger partial charge on any atom is -0.481 e. The van der Waals surface area contributed by atoms with Gasteiger partial charge in [-0.05, 0) is 44.2 Å². The molecule has 1 aromatic carbocycles. The van der Waals surface area contributed by atoms with E-state index in [-0.39, 0.29) is 31.6 Å². The predicted octanol–water partition coefficient (Wildman–Crippen LogP) is 1.07. The number of para-hydroxylation sites is 1. The van der Waals surface area contributed by atoms with Gasteiger partial charge in [0, 0.05) is 29.9 Å². The summed E-state index contributed by atoms with van der Waals surface area (Å²) in [6, 6.07) is 2.15. The molecule has 0 aliphatic rings. The predicted molar refractivity (Wildman–Crippen MR) is 165 cm³/mol. The fraction of sp³-hybridized carbons (Fsp3) is 0.484. The van der Waals surface area contributed by atoms with Crippen LogP contribution in [-0.4, -0.2) is 76.2 Å². The number of carbonyl (C=O) groups excluding carboxylic acids is 5. The number of amides is 4. The number of aliphatic carboxylic acids is 1. The number of hydrogen-bond acceptors (Lipinski definition) is 7. The summed E-state index contributed by atoms with van der Waals surface area (Å²) in [6.07, 6.45) is 2.32. The van der Waals surface area contributed by atoms with Crippen LogP contribution >= 0.6 is 0 Å². The van der Waals surface area contributed by atoms with Crippen LogP contribution in [0.15, 0.2) is 42.6 Å². The summed E-state index contributed by atoms with van der Waals surface area (Å²) < 4.78 is 0. The molecule has 1 aromatic heterocycles. The largest absolute Gasteiger partial charge is 0.481 e. The van der Waals surface area contributed by atoms with Gasteiger partial charge in [0.15, 0.2) is 0 Å². The van der Waals surface area contributed by atoms with E-state index in [0.717, 1.165) is 10.9 Å². The molecule has 0 aliphatic carbocycles. The zero-order chi connectivity index (χ0) is 33.0. The monoisotopic (exact) mass is 612 g/mol. The molecule has 0 saturated carbocycles. The van der Waals surface area contributed by atoms with Gasteiger partial charge in [0.05, 0.1) is 12.1 Å². The highest BCUT2D eigenvalue weighted by molar-refractivity contribution is 5.96. The molecule has 8 N–H and O–H groups in total. The van der Waals surface area contributed by atoms with E-state index in [0.29, 0.717) is 23.8 Å². The molecule has 0 radical (unpaired) electrons. The van der Waals surface area contributed by atoms with Gasteiger partial charge in [-0.15, -0.1) is 6.58 Å². The number of H-pyrrole nitrogens is 1. The Balaban J connectivity index is 2.36. The summed E-state index contributed by atoms with van der Waals surface area (Å²) >= 11 is 0. The number of nitrogens with two attached hydrogens (primary N) is 1. The van der Waals surface area contributed by atoms with Crippen LogP contribution in [0.25, 0.3) is 10.9 Å². The number of carboxylic acid groups (broad SMARTS) is 1. The van der Waals surface area contributed by atoms with Crippen molar-refractivity contribution in [1.82, 2.24) is 26.3 Å². The van der Waals surface area contributed by atoms with Gasteiger partial charge in [-0.1, -0.05) is 44.0 Å². The maximum atomic E-state index is 13.7. The molecule has 4 amide bonds. The van der Waals surface area contributed by atoms with E-state index in [4.69, 9.17) is 10.8 Å². The van der Waals surface area contributed by atoms with E-state index in [1.807, 2.05) is 31.2 Å². The normalized spacial score (nSPS) is 15.1. The Morgan fingerprint density at radius 2 is 1.61 bits per heavy atom. The number of aromatic nitrogens is 1. The van der Waals surface area contributed by atoms with E-state index in [2.05, 4.69) is 32.8 Å². The minimum atomic E-state index is -1.19. The van der Waals surface area contributed by atoms with E-state index in [1.165, 1.54) is 6.92 Å². The number of aromatic amines is 1. The Labute approximate surface area is 256 Å². The maximum Gasteiger partial charge on any atom is 0.303 e. The van der Waals surface area contributed by atoms with Crippen LogP contribution in [-0.2, 0) is 35.2 Å². The smallest absolute Gasteiger partial charge is 0.303 e. The van der Waals surface area contributed by atoms with Crippen LogP contribution in [0, 0.1) is 5.92 Å². The molecule has 13 heteroatoms. The van der Waals surface area contributed by atoms with Gasteiger partial charge in [0.2, 0.25) is 23.6 Å². The van der Waals surface area contributed by atoms with E-state index in [1.54, 1.807) is 20.0 Å². The van der Waals surface area contributed by atoms with Crippen molar-refractivity contribution in [2.75, 3.05) is 0 Å². The summed E-state index contributed by atoms with van der Waals surface area (Å²) in [7, 11) is 0. The lowest BCUT2D eigenvalue weighted by molar-refractivity contribution is -0.137. The molecule has 2 rings (SSSR count). The molecular formula is C31H44N6O7. The van der Waals surface area contributed by atoms with E-state index >= 15 is 0 Å². The molecule has 240 valence electrons. The molecule has 13 nitrogen and oxygen atoms in total. The third-order valence-electron chi connectivity index (χ3n) is 7.29. The number of carboxylic acids is 1. The van der Waals surface area contributed by atoms with E-state index < -0.39 is 59.8 Å². The van der Waals surface area contributed by atoms with Crippen molar-refractivity contribution in [2.24, 2.45) is 11.7 Å². The Bertz CT molecular complexity index is 1350. The van der Waals surface area contributed by atoms with Gasteiger partial charge in [-0.25, -0.2) is 0 Å². The average Bonchev–Trinajstić information content (AvgIpc) is 3.38. The Hall–Kier alpha value is -4.52. The van der Waals surface area contributed by atoms with Gasteiger partial charge in [-0.2, -0.15) is 0 Å². The number of aldehydes is 1. The van der Waals surface area contributed by atoms with Crippen LogP contribution < -0.4 is 27.0 Å². The second-order valence-electron chi connectivity index (χ2n) is 11.2. The Morgan fingerprint density at radius 1 is 0.977 bits per heavy atom. The molecular weight excluding hydrogens is 568 g/mol. The molecule has 0 saturated heterocycles. The van der Waals surface area contributed by atoms with Crippen molar-refractivity contribution in [3.05, 3.63) is 48.2 Å². The first kappa shape index (κ1) is 35.7. The first-order chi connectivity index (χ1) is 20.8. The van der Waals surface area contributed by atoms with Gasteiger partial charge in [0.1, 0.15) is 24.4 Å². The summed E-state index contributed by atoms with van der Waals surface area (Å²) in [5.41, 5.74) is 7.79. The first-order valence-corrected chi connectivity index (χ1v) is 14.6. The number of hydrogen-bond donors (Lipinski definition) is 7. The SMILES string of the molecule is C=C(C)C[C@H](NC(=O)[C@H](NC(=O)[C@H](C)N)[C@@H](C)CC)C(=O)N[C@H](Cc1c[nH]c2ccccc12)C(=O)N[C@@H](C=O)CCC(=O)O. The average molecular weight is 613 g/mol. The fourth-order valence-electron chi connectivity index (χ4n) is 4.54. The van der Waals surface area contributed by atoms with Crippen molar-refractivity contribution in [2.45, 2.75) is 90.0 Å². The van der Waals surface area contributed by atoms with Crippen LogP contribution in [0.3, 0.4) is 0 Å². The Kier molecular flexibility index (Phi) is 13.7. The fourth-order valence-corrected chi connectivity index (χ4v) is 4.54. The summed E-state index contributed by atoms with van der Waals surface area (Å²) in [5, 5.41) is 20.4. The molecule has 6 atom stereocenters. The van der Waals surface area contributed by atoms with Crippen molar-refractivity contribution in [3.63, 3.8) is 0 Å². The molecule has 2 aromatic rings. The molecule has 0 fully saturated rings. The van der Waals surface area contributed by atoms with Crippen LogP contribution in [0.4, 0.5) is 0 Å². The lowest BCUT2D eigenvalue weighted by atomic mass is 9.97. The van der Waals surface area contributed by atoms with Gasteiger partial charge in [0.25, 0.3) is 0 Å². The molecule has 1 heterocycles. The first-order valence-electron chi connectivity index (χ1n) is 14.6. The standard InChI is InChI=1S/C31H44N6O7/c1-6-18(4)27(37-28(41)19(5)32)31(44)36-24(13-17(2)3)30(43)35-25(29(42)34-21(16-38)11-12-26(39)40)14-20-15-33-23-10-8-7-9-22(20)23/h7-10,15-16,18-19,21,24-25,27,33H,2,6,11-14,32H2,1,3-5H3,(H,34,42)(H,35,43)(H,36,44)(H,37,41)(H,39,40)/t18-,19-,21+,24-,25+,27+/m0/s1. The summed E-state index contributed by atoms with van der Waals surface area (Å²) in [6.45, 7) is 10.7. The molecule has 0 unspecified atom stereocenters. The van der Waals surface area contributed by atoms with Gasteiger partial charge < -0.3 is 41.9 Å². The van der Waals surface area contributed by atoms with E-state index in [9.17, 15) is 28.8 Å². The van der Waals surface area contributed by atoms with Gasteiger partial charge in [-0.3, -0.25) is 24.0 Å². The maximum absolute atomic E-state index is 13.7. The summed E-state index contributed by atoms with van der Waals surface area (Å²) in [5.74, 6) is -3.90. The zero-order valence-electron chi connectivity index (χ0n) is 25.6. The molecule has 44 heavy (non-hydrogen) atoms. The van der Waals surface area contributed by atoms with Crippen molar-refractivity contribution in [3.8, 4) is 0 Å². The topological polar surface area (TPSA) is 213 Å². The van der Waals surface area contributed by atoms with Crippen LogP contribution in [0.5, 0.6) is 0 Å². The molecule has 0 bridgehead atoms. The number of nitrogens with one attached hydrogen (secondary N) is 5. The number of rotatable bonds is 18. The lowest BCUT2D eigenvalue weighted by Crippen LogP contribution is -2.59. The highest BCUT2D eigenvalue weighted by Crippen LogP contribution is 2.20. The zero-order valence-corrected chi connectivity index (χ0v) is 25.6. The number of benzene rings is 1. The highest BCUT2D eigenvalue weighted by atomic mass is 16.4. The summed E-state index contributed by atoms with van der Waals surface area (Å²) in [4.78, 5) is 78.6. The number of fused-ring (bicyclic) bond motifs is 1. The van der Waals surface area contributed by atoms with Crippen LogP contribution in [0.2, 0.25) is 0 Å². The Morgan fingerprint density at radius 3 is 2.20 bits per heavy atom. The second-order valence-corrected chi connectivity index (χ2v) is 11.2. The second kappa shape index (κ2) is 16.9. The van der Waals surface area contributed by atoms with Crippen molar-refractivity contribution >= 4 is 46.8 Å². The third kappa shape index (κ3) is 10.6. The quantitative estimate of drug-likeness (QED) is 0.0953. The third-order valence-corrected chi connectivity index (χ3v) is 7.29. The lowest BCUT2D eigenvalue weighted by Gasteiger charge is -2.28.